The second-order valence-electron chi connectivity index (χ2n) is 6.89. The van der Waals surface area contributed by atoms with Crippen LogP contribution in [0.15, 0.2) is 40.8 Å². The van der Waals surface area contributed by atoms with Crippen molar-refractivity contribution in [3.8, 4) is 40.1 Å². The van der Waals surface area contributed by atoms with Crippen LogP contribution in [0.1, 0.15) is 0 Å². The number of aromatic hydroxyl groups is 4. The summed E-state index contributed by atoms with van der Waals surface area (Å²) in [5.41, 5.74) is 0.356. The molecule has 0 radical (unpaired) electrons. The molecule has 0 bridgehead atoms. The molecule has 30 heavy (non-hydrogen) atoms. The minimum absolute atomic E-state index is 0.0169. The first kappa shape index (κ1) is 20.0. The molecule has 4 rings (SSSR count). The highest BCUT2D eigenvalue weighted by Crippen LogP contribution is 2.41. The Labute approximate surface area is 169 Å². The molecule has 7 N–H and O–H groups in total. The lowest BCUT2D eigenvalue weighted by Gasteiger charge is -2.34. The maximum Gasteiger partial charge on any atom is 0.402 e. The zero-order chi connectivity index (χ0) is 21.6. The smallest absolute Gasteiger partial charge is 0.402 e. The molecule has 2 heterocycles. The summed E-state index contributed by atoms with van der Waals surface area (Å²) in [6, 6.07) is 7.59. The van der Waals surface area contributed by atoms with Crippen molar-refractivity contribution in [3.05, 3.63) is 36.4 Å². The molecule has 158 valence electrons. The zero-order valence-corrected chi connectivity index (χ0v) is 15.3. The summed E-state index contributed by atoms with van der Waals surface area (Å²) in [6.07, 6.45) is -5.66. The van der Waals surface area contributed by atoms with Crippen molar-refractivity contribution >= 4 is 11.0 Å². The molecule has 0 aliphatic carbocycles. The molecule has 1 unspecified atom stereocenters. The number of hydrogen-bond acceptors (Lipinski definition) is 9. The SMILES string of the molecule is Oc1cc(OC2OC[C@H](O)[C@H](O)[C@H]2O)c2cc(O)c(-c3ccc(O)c(O)c3)[o+]c2c1. The van der Waals surface area contributed by atoms with Gasteiger partial charge in [0, 0.05) is 18.2 Å². The minimum atomic E-state index is -1.56. The highest BCUT2D eigenvalue weighted by molar-refractivity contribution is 5.88. The molecule has 4 atom stereocenters. The maximum absolute atomic E-state index is 10.4. The third-order valence-electron chi connectivity index (χ3n) is 4.75. The summed E-state index contributed by atoms with van der Waals surface area (Å²) >= 11 is 0. The summed E-state index contributed by atoms with van der Waals surface area (Å²) in [6.45, 7) is -0.274. The molecule has 1 fully saturated rings. The second-order valence-corrected chi connectivity index (χ2v) is 6.89. The van der Waals surface area contributed by atoms with Gasteiger partial charge in [0.25, 0.3) is 0 Å². The molecule has 1 aliphatic rings. The van der Waals surface area contributed by atoms with Gasteiger partial charge in [0.15, 0.2) is 11.5 Å². The highest BCUT2D eigenvalue weighted by atomic mass is 16.7. The van der Waals surface area contributed by atoms with Gasteiger partial charge < -0.3 is 45.2 Å². The van der Waals surface area contributed by atoms with Crippen LogP contribution in [0.5, 0.6) is 28.7 Å². The number of phenols is 3. The first-order valence-corrected chi connectivity index (χ1v) is 8.92. The number of rotatable bonds is 3. The molecular formula is C20H19O10+. The molecule has 0 amide bonds. The van der Waals surface area contributed by atoms with Gasteiger partial charge in [-0.2, -0.15) is 0 Å². The molecule has 1 saturated heterocycles. The third-order valence-corrected chi connectivity index (χ3v) is 4.75. The molecule has 3 aromatic rings. The van der Waals surface area contributed by atoms with Crippen molar-refractivity contribution in [2.45, 2.75) is 24.6 Å². The van der Waals surface area contributed by atoms with E-state index in [1.54, 1.807) is 0 Å². The van der Waals surface area contributed by atoms with Crippen molar-refractivity contribution in [1.29, 1.82) is 0 Å². The fourth-order valence-corrected chi connectivity index (χ4v) is 3.16. The van der Waals surface area contributed by atoms with Gasteiger partial charge in [-0.1, -0.05) is 0 Å². The normalized spacial score (nSPS) is 24.1. The summed E-state index contributed by atoms with van der Waals surface area (Å²) in [4.78, 5) is 0. The van der Waals surface area contributed by atoms with Crippen LogP contribution in [0.2, 0.25) is 0 Å². The average Bonchev–Trinajstić information content (AvgIpc) is 2.70. The van der Waals surface area contributed by atoms with Gasteiger partial charge in [0.1, 0.15) is 35.2 Å². The predicted molar refractivity (Wildman–Crippen MR) is 101 cm³/mol. The summed E-state index contributed by atoms with van der Waals surface area (Å²) in [5.74, 6) is -1.39. The number of aliphatic hydroxyl groups is 3. The highest BCUT2D eigenvalue weighted by Gasteiger charge is 2.39. The topological polar surface area (TPSA) is 171 Å². The molecule has 2 aromatic carbocycles. The van der Waals surface area contributed by atoms with Gasteiger partial charge >= 0.3 is 11.3 Å². The van der Waals surface area contributed by atoms with Crippen molar-refractivity contribution in [1.82, 2.24) is 0 Å². The Balaban J connectivity index is 1.75. The number of hydrogen-bond donors (Lipinski definition) is 7. The molecule has 0 spiro atoms. The van der Waals surface area contributed by atoms with Crippen molar-refractivity contribution in [2.75, 3.05) is 6.61 Å². The molecule has 1 aromatic heterocycles. The van der Waals surface area contributed by atoms with E-state index in [-0.39, 0.29) is 51.9 Å². The van der Waals surface area contributed by atoms with E-state index in [4.69, 9.17) is 13.9 Å². The van der Waals surface area contributed by atoms with E-state index in [0.717, 1.165) is 0 Å². The molecular weight excluding hydrogens is 400 g/mol. The molecule has 10 heteroatoms. The monoisotopic (exact) mass is 419 g/mol. The first-order chi connectivity index (χ1) is 14.2. The Morgan fingerprint density at radius 3 is 2.37 bits per heavy atom. The van der Waals surface area contributed by atoms with Crippen molar-refractivity contribution in [2.24, 2.45) is 0 Å². The Hall–Kier alpha value is -3.31. The number of fused-ring (bicyclic) bond motifs is 1. The summed E-state index contributed by atoms with van der Waals surface area (Å²) < 4.78 is 16.4. The van der Waals surface area contributed by atoms with Gasteiger partial charge in [0.2, 0.25) is 12.0 Å². The molecule has 0 saturated carbocycles. The fraction of sp³-hybridized carbons (Fsp3) is 0.250. The Morgan fingerprint density at radius 1 is 0.867 bits per heavy atom. The number of aliphatic hydroxyl groups excluding tert-OH is 3. The predicted octanol–water partition coefficient (Wildman–Crippen LogP) is 1.02. The van der Waals surface area contributed by atoms with E-state index in [1.807, 2.05) is 0 Å². The molecule has 10 nitrogen and oxygen atoms in total. The van der Waals surface area contributed by atoms with Gasteiger partial charge in [-0.15, -0.1) is 0 Å². The van der Waals surface area contributed by atoms with E-state index < -0.39 is 30.4 Å². The van der Waals surface area contributed by atoms with Crippen LogP contribution in [0.4, 0.5) is 0 Å². The van der Waals surface area contributed by atoms with Gasteiger partial charge in [0.05, 0.1) is 18.2 Å². The largest absolute Gasteiger partial charge is 0.507 e. The summed E-state index contributed by atoms with van der Waals surface area (Å²) in [7, 11) is 0. The van der Waals surface area contributed by atoms with Crippen LogP contribution >= 0.6 is 0 Å². The van der Waals surface area contributed by atoms with Crippen LogP contribution < -0.4 is 4.74 Å². The maximum atomic E-state index is 10.4. The summed E-state index contributed by atoms with van der Waals surface area (Å²) in [5, 5.41) is 69.3. The number of phenolic OH excluding ortho intramolecular Hbond substituents is 3. The lowest BCUT2D eigenvalue weighted by molar-refractivity contribution is -0.241. The van der Waals surface area contributed by atoms with Crippen molar-refractivity contribution < 1.29 is 49.6 Å². The van der Waals surface area contributed by atoms with Gasteiger partial charge in [-0.3, -0.25) is 0 Å². The van der Waals surface area contributed by atoms with Crippen LogP contribution in [0.25, 0.3) is 22.3 Å². The first-order valence-electron chi connectivity index (χ1n) is 8.92. The average molecular weight is 419 g/mol. The van der Waals surface area contributed by atoms with Crippen LogP contribution in [0.3, 0.4) is 0 Å². The quantitative estimate of drug-likeness (QED) is 0.240. The van der Waals surface area contributed by atoms with E-state index in [2.05, 4.69) is 0 Å². The van der Waals surface area contributed by atoms with Crippen LogP contribution in [0, 0.1) is 0 Å². The van der Waals surface area contributed by atoms with Crippen LogP contribution in [-0.4, -0.2) is 67.0 Å². The van der Waals surface area contributed by atoms with Gasteiger partial charge in [-0.25, -0.2) is 4.42 Å². The van der Waals surface area contributed by atoms with E-state index in [9.17, 15) is 35.7 Å². The minimum Gasteiger partial charge on any atom is -0.507 e. The number of benzene rings is 2. The van der Waals surface area contributed by atoms with E-state index in [0.29, 0.717) is 0 Å². The Bertz CT molecular complexity index is 1100. The Morgan fingerprint density at radius 2 is 1.63 bits per heavy atom. The number of ether oxygens (including phenoxy) is 2. The van der Waals surface area contributed by atoms with Crippen LogP contribution in [-0.2, 0) is 4.74 Å². The standard InChI is InChI=1S/C20H18O10/c21-9-4-15-10(16(5-9)30-20-18(27)17(26)14(25)7-28-20)6-13(24)19(29-15)8-1-2-11(22)12(23)3-8/h1-6,14,17-18,20,25-27H,7H2,(H3-,21,22,23,24)/p+1/t14-,17-,18+,20?/m0/s1. The van der Waals surface area contributed by atoms with Gasteiger partial charge in [-0.05, 0) is 12.1 Å². The molecule has 1 aliphatic heterocycles. The van der Waals surface area contributed by atoms with E-state index >= 15 is 0 Å². The lowest BCUT2D eigenvalue weighted by Crippen LogP contribution is -2.54. The fourth-order valence-electron chi connectivity index (χ4n) is 3.16. The second kappa shape index (κ2) is 7.50. The Kier molecular flexibility index (Phi) is 5.00. The van der Waals surface area contributed by atoms with E-state index in [1.165, 1.54) is 36.4 Å². The van der Waals surface area contributed by atoms with Crippen molar-refractivity contribution in [3.63, 3.8) is 0 Å². The third kappa shape index (κ3) is 3.53. The lowest BCUT2D eigenvalue weighted by atomic mass is 10.1. The zero-order valence-electron chi connectivity index (χ0n) is 15.3.